The summed E-state index contributed by atoms with van der Waals surface area (Å²) in [6.07, 6.45) is 1.64. The molecule has 0 aromatic heterocycles. The van der Waals surface area contributed by atoms with E-state index in [9.17, 15) is 4.79 Å². The summed E-state index contributed by atoms with van der Waals surface area (Å²) < 4.78 is 5.34. The molecule has 0 heterocycles. The standard InChI is InChI=1S/C14H19Br2NO2/c15-8-4-10-17(11-5-9-16)14(18)19-12-13-6-2-1-3-7-13/h1-3,6-7H,4-5,8-12H2. The Balaban J connectivity index is 2.41. The molecule has 0 spiro atoms. The van der Waals surface area contributed by atoms with Crippen molar-refractivity contribution in [1.29, 1.82) is 0 Å². The molecular formula is C14H19Br2NO2. The van der Waals surface area contributed by atoms with Gasteiger partial charge in [0.15, 0.2) is 0 Å². The van der Waals surface area contributed by atoms with Crippen LogP contribution in [0.4, 0.5) is 4.79 Å². The molecule has 1 aromatic rings. The number of nitrogens with zero attached hydrogens (tertiary/aromatic N) is 1. The summed E-state index contributed by atoms with van der Waals surface area (Å²) in [5.41, 5.74) is 1.01. The van der Waals surface area contributed by atoms with Crippen molar-refractivity contribution < 1.29 is 9.53 Å². The third-order valence-electron chi connectivity index (χ3n) is 2.59. The van der Waals surface area contributed by atoms with E-state index in [2.05, 4.69) is 31.9 Å². The number of alkyl halides is 2. The Kier molecular flexibility index (Phi) is 8.91. The molecule has 0 N–H and O–H groups in total. The van der Waals surface area contributed by atoms with Crippen molar-refractivity contribution >= 4 is 38.0 Å². The van der Waals surface area contributed by atoms with Crippen LogP contribution in [0.25, 0.3) is 0 Å². The van der Waals surface area contributed by atoms with Crippen LogP contribution in [0, 0.1) is 0 Å². The fraction of sp³-hybridized carbons (Fsp3) is 0.500. The molecule has 0 aliphatic heterocycles. The highest BCUT2D eigenvalue weighted by Gasteiger charge is 2.13. The minimum atomic E-state index is -0.231. The van der Waals surface area contributed by atoms with E-state index < -0.39 is 0 Å². The predicted octanol–water partition coefficient (Wildman–Crippen LogP) is 4.20. The first-order valence-electron chi connectivity index (χ1n) is 6.35. The van der Waals surface area contributed by atoms with E-state index in [-0.39, 0.29) is 6.09 Å². The van der Waals surface area contributed by atoms with Gasteiger partial charge >= 0.3 is 6.09 Å². The maximum atomic E-state index is 12.0. The summed E-state index contributed by atoms with van der Waals surface area (Å²) in [5.74, 6) is 0. The monoisotopic (exact) mass is 391 g/mol. The van der Waals surface area contributed by atoms with Crippen molar-refractivity contribution in [3.8, 4) is 0 Å². The summed E-state index contributed by atoms with van der Waals surface area (Å²) in [7, 11) is 0. The molecule has 5 heteroatoms. The Morgan fingerprint density at radius 3 is 2.16 bits per heavy atom. The fourth-order valence-electron chi connectivity index (χ4n) is 1.61. The van der Waals surface area contributed by atoms with Crippen molar-refractivity contribution in [1.82, 2.24) is 4.90 Å². The van der Waals surface area contributed by atoms with Crippen molar-refractivity contribution in [2.24, 2.45) is 0 Å². The molecule has 1 rings (SSSR count). The van der Waals surface area contributed by atoms with Crippen LogP contribution in [0.15, 0.2) is 30.3 Å². The van der Waals surface area contributed by atoms with Crippen molar-refractivity contribution in [3.05, 3.63) is 35.9 Å². The predicted molar refractivity (Wildman–Crippen MR) is 85.0 cm³/mol. The molecule has 0 saturated carbocycles. The maximum Gasteiger partial charge on any atom is 0.410 e. The van der Waals surface area contributed by atoms with Gasteiger partial charge in [-0.1, -0.05) is 62.2 Å². The Labute approximate surface area is 131 Å². The molecule has 1 amide bonds. The largest absolute Gasteiger partial charge is 0.445 e. The Morgan fingerprint density at radius 2 is 1.63 bits per heavy atom. The molecule has 1 aromatic carbocycles. The van der Waals surface area contributed by atoms with E-state index in [0.29, 0.717) is 6.61 Å². The highest BCUT2D eigenvalue weighted by Crippen LogP contribution is 2.05. The zero-order chi connectivity index (χ0) is 13.9. The van der Waals surface area contributed by atoms with Gasteiger partial charge in [0.2, 0.25) is 0 Å². The molecule has 0 radical (unpaired) electrons. The third kappa shape index (κ3) is 6.97. The van der Waals surface area contributed by atoms with E-state index >= 15 is 0 Å². The first-order valence-corrected chi connectivity index (χ1v) is 8.59. The van der Waals surface area contributed by atoms with Gasteiger partial charge in [0, 0.05) is 23.7 Å². The highest BCUT2D eigenvalue weighted by atomic mass is 79.9. The quantitative estimate of drug-likeness (QED) is 0.620. The number of rotatable bonds is 8. The molecular weight excluding hydrogens is 374 g/mol. The molecule has 0 aliphatic rings. The van der Waals surface area contributed by atoms with Gasteiger partial charge in [-0.25, -0.2) is 4.79 Å². The van der Waals surface area contributed by atoms with Crippen LogP contribution in [0.3, 0.4) is 0 Å². The summed E-state index contributed by atoms with van der Waals surface area (Å²) in [6.45, 7) is 1.79. The number of carbonyl (C=O) groups excluding carboxylic acids is 1. The van der Waals surface area contributed by atoms with Gasteiger partial charge in [0.25, 0.3) is 0 Å². The lowest BCUT2D eigenvalue weighted by atomic mass is 10.2. The number of hydrogen-bond acceptors (Lipinski definition) is 2. The van der Waals surface area contributed by atoms with Gasteiger partial charge in [-0.05, 0) is 18.4 Å². The average molecular weight is 393 g/mol. The molecule has 0 saturated heterocycles. The first-order chi connectivity index (χ1) is 9.27. The second kappa shape index (κ2) is 10.3. The molecule has 19 heavy (non-hydrogen) atoms. The minimum Gasteiger partial charge on any atom is -0.445 e. The fourth-order valence-corrected chi connectivity index (χ4v) is 2.11. The van der Waals surface area contributed by atoms with Gasteiger partial charge in [0.05, 0.1) is 0 Å². The van der Waals surface area contributed by atoms with E-state index in [4.69, 9.17) is 4.74 Å². The Morgan fingerprint density at radius 1 is 1.05 bits per heavy atom. The van der Waals surface area contributed by atoms with Crippen molar-refractivity contribution in [2.45, 2.75) is 19.4 Å². The lowest BCUT2D eigenvalue weighted by Crippen LogP contribution is -2.33. The van der Waals surface area contributed by atoms with E-state index in [0.717, 1.165) is 42.2 Å². The average Bonchev–Trinajstić information content (AvgIpc) is 2.46. The van der Waals surface area contributed by atoms with Crippen molar-refractivity contribution in [2.75, 3.05) is 23.7 Å². The number of hydrogen-bond donors (Lipinski definition) is 0. The minimum absolute atomic E-state index is 0.231. The van der Waals surface area contributed by atoms with Crippen LogP contribution in [0.2, 0.25) is 0 Å². The lowest BCUT2D eigenvalue weighted by Gasteiger charge is -2.21. The van der Waals surface area contributed by atoms with Crippen LogP contribution in [-0.4, -0.2) is 34.7 Å². The van der Waals surface area contributed by atoms with E-state index in [1.165, 1.54) is 0 Å². The SMILES string of the molecule is O=C(OCc1ccccc1)N(CCCBr)CCCBr. The van der Waals surface area contributed by atoms with Crippen LogP contribution in [-0.2, 0) is 11.3 Å². The van der Waals surface area contributed by atoms with Crippen LogP contribution in [0.5, 0.6) is 0 Å². The molecule has 3 nitrogen and oxygen atoms in total. The van der Waals surface area contributed by atoms with Gasteiger partial charge in [0.1, 0.15) is 6.61 Å². The number of carbonyl (C=O) groups is 1. The Hall–Kier alpha value is -0.550. The molecule has 0 unspecified atom stereocenters. The maximum absolute atomic E-state index is 12.0. The van der Waals surface area contributed by atoms with Gasteiger partial charge in [-0.3, -0.25) is 0 Å². The summed E-state index contributed by atoms with van der Waals surface area (Å²) in [4.78, 5) is 13.8. The van der Waals surface area contributed by atoms with Crippen LogP contribution in [0.1, 0.15) is 18.4 Å². The molecule has 0 aliphatic carbocycles. The third-order valence-corrected chi connectivity index (χ3v) is 3.71. The second-order valence-electron chi connectivity index (χ2n) is 4.11. The van der Waals surface area contributed by atoms with Crippen LogP contribution < -0.4 is 0 Å². The highest BCUT2D eigenvalue weighted by molar-refractivity contribution is 9.09. The molecule has 106 valence electrons. The summed E-state index contributed by atoms with van der Waals surface area (Å²) >= 11 is 6.77. The second-order valence-corrected chi connectivity index (χ2v) is 5.70. The first kappa shape index (κ1) is 16.5. The smallest absolute Gasteiger partial charge is 0.410 e. The molecule has 0 atom stereocenters. The topological polar surface area (TPSA) is 29.5 Å². The van der Waals surface area contributed by atoms with Crippen LogP contribution >= 0.6 is 31.9 Å². The summed E-state index contributed by atoms with van der Waals surface area (Å²) in [6, 6.07) is 9.74. The number of halogens is 2. The van der Waals surface area contributed by atoms with E-state index in [1.54, 1.807) is 4.90 Å². The molecule has 0 bridgehead atoms. The summed E-state index contributed by atoms with van der Waals surface area (Å²) in [5, 5.41) is 1.79. The Bertz CT molecular complexity index is 352. The number of benzene rings is 1. The van der Waals surface area contributed by atoms with Crippen molar-refractivity contribution in [3.63, 3.8) is 0 Å². The number of ether oxygens (including phenoxy) is 1. The molecule has 0 fully saturated rings. The van der Waals surface area contributed by atoms with Gasteiger partial charge in [-0.2, -0.15) is 0 Å². The number of amides is 1. The van der Waals surface area contributed by atoms with Gasteiger partial charge in [-0.15, -0.1) is 0 Å². The zero-order valence-electron chi connectivity index (χ0n) is 10.9. The van der Waals surface area contributed by atoms with E-state index in [1.807, 2.05) is 30.3 Å². The van der Waals surface area contributed by atoms with Gasteiger partial charge < -0.3 is 9.64 Å². The normalized spacial score (nSPS) is 10.2. The lowest BCUT2D eigenvalue weighted by molar-refractivity contribution is 0.0964. The zero-order valence-corrected chi connectivity index (χ0v) is 14.0.